The Kier molecular flexibility index (Phi) is 5.31. The van der Waals surface area contributed by atoms with Crippen LogP contribution in [-0.2, 0) is 9.53 Å². The van der Waals surface area contributed by atoms with Gasteiger partial charge in [0.05, 0.1) is 11.3 Å². The molecule has 24 heavy (non-hydrogen) atoms. The Bertz CT molecular complexity index is 752. The Balaban J connectivity index is 2.01. The third kappa shape index (κ3) is 3.97. The van der Waals surface area contributed by atoms with E-state index in [2.05, 4.69) is 10.4 Å². The predicted molar refractivity (Wildman–Crippen MR) is 85.8 cm³/mol. The zero-order valence-corrected chi connectivity index (χ0v) is 13.6. The van der Waals surface area contributed by atoms with E-state index in [1.807, 2.05) is 18.3 Å². The Hall–Kier alpha value is -3.16. The van der Waals surface area contributed by atoms with Crippen LogP contribution >= 0.6 is 0 Å². The van der Waals surface area contributed by atoms with Crippen molar-refractivity contribution in [1.29, 1.82) is 0 Å². The van der Waals surface area contributed by atoms with Crippen molar-refractivity contribution in [3.8, 4) is 5.69 Å². The molecule has 0 radical (unpaired) electrons. The second-order valence-electron chi connectivity index (χ2n) is 5.05. The first kappa shape index (κ1) is 17.2. The van der Waals surface area contributed by atoms with Gasteiger partial charge in [0.1, 0.15) is 0 Å². The summed E-state index contributed by atoms with van der Waals surface area (Å²) < 4.78 is 6.78. The summed E-state index contributed by atoms with van der Waals surface area (Å²) in [4.78, 5) is 34.8. The van der Waals surface area contributed by atoms with Crippen molar-refractivity contribution in [2.24, 2.45) is 0 Å². The molecule has 0 fully saturated rings. The van der Waals surface area contributed by atoms with Crippen LogP contribution in [0.3, 0.4) is 0 Å². The van der Waals surface area contributed by atoms with Gasteiger partial charge in [-0.2, -0.15) is 5.10 Å². The molecule has 1 aromatic carbocycles. The molecule has 0 aliphatic rings. The summed E-state index contributed by atoms with van der Waals surface area (Å²) in [5, 5.41) is 8.46. The standard InChI is InChI=1S/C16H18N4O4/c1-10-8-9-18-20(10)13-6-4-12(5-7-13)15(22)24-11(2)14(21)19-16(23)17-3/h4-9,11H,1-3H3,(H2,17,19,21,23). The fourth-order valence-corrected chi connectivity index (χ4v) is 1.94. The van der Waals surface area contributed by atoms with Crippen molar-refractivity contribution in [1.82, 2.24) is 20.4 Å². The third-order valence-corrected chi connectivity index (χ3v) is 3.30. The van der Waals surface area contributed by atoms with E-state index in [1.165, 1.54) is 14.0 Å². The van der Waals surface area contributed by atoms with Gasteiger partial charge in [-0.1, -0.05) is 0 Å². The van der Waals surface area contributed by atoms with Crippen molar-refractivity contribution in [3.05, 3.63) is 47.8 Å². The lowest BCUT2D eigenvalue weighted by Crippen LogP contribution is -2.43. The number of amides is 3. The van der Waals surface area contributed by atoms with Gasteiger partial charge in [-0.3, -0.25) is 10.1 Å². The summed E-state index contributed by atoms with van der Waals surface area (Å²) in [6.07, 6.45) is 0.590. The fourth-order valence-electron chi connectivity index (χ4n) is 1.94. The smallest absolute Gasteiger partial charge is 0.338 e. The van der Waals surface area contributed by atoms with Crippen molar-refractivity contribution >= 4 is 17.9 Å². The van der Waals surface area contributed by atoms with Crippen LogP contribution in [0.25, 0.3) is 5.69 Å². The van der Waals surface area contributed by atoms with Gasteiger partial charge in [-0.25, -0.2) is 14.3 Å². The number of aromatic nitrogens is 2. The molecule has 0 saturated carbocycles. The number of urea groups is 1. The summed E-state index contributed by atoms with van der Waals surface area (Å²) >= 11 is 0. The van der Waals surface area contributed by atoms with Crippen molar-refractivity contribution in [3.63, 3.8) is 0 Å². The number of nitrogens with one attached hydrogen (secondary N) is 2. The van der Waals surface area contributed by atoms with E-state index in [-0.39, 0.29) is 0 Å². The second-order valence-corrected chi connectivity index (χ2v) is 5.05. The number of rotatable bonds is 4. The van der Waals surface area contributed by atoms with Gasteiger partial charge >= 0.3 is 12.0 Å². The first-order valence-corrected chi connectivity index (χ1v) is 7.27. The topological polar surface area (TPSA) is 102 Å². The number of hydrogen-bond donors (Lipinski definition) is 2. The number of esters is 1. The molecule has 1 atom stereocenters. The lowest BCUT2D eigenvalue weighted by atomic mass is 10.2. The maximum Gasteiger partial charge on any atom is 0.338 e. The molecule has 1 heterocycles. The maximum absolute atomic E-state index is 12.1. The zero-order chi connectivity index (χ0) is 17.7. The van der Waals surface area contributed by atoms with Crippen LogP contribution < -0.4 is 10.6 Å². The zero-order valence-electron chi connectivity index (χ0n) is 13.6. The van der Waals surface area contributed by atoms with Gasteiger partial charge in [0.2, 0.25) is 0 Å². The predicted octanol–water partition coefficient (Wildman–Crippen LogP) is 1.18. The highest BCUT2D eigenvalue weighted by molar-refractivity contribution is 5.98. The Morgan fingerprint density at radius 1 is 1.17 bits per heavy atom. The fraction of sp³-hybridized carbons (Fsp3) is 0.250. The van der Waals surface area contributed by atoms with Crippen LogP contribution in [0.2, 0.25) is 0 Å². The largest absolute Gasteiger partial charge is 0.449 e. The molecular formula is C16H18N4O4. The number of ether oxygens (including phenoxy) is 1. The molecule has 0 aliphatic carbocycles. The number of hydrogen-bond acceptors (Lipinski definition) is 5. The maximum atomic E-state index is 12.1. The molecule has 2 rings (SSSR count). The number of aryl methyl sites for hydroxylation is 1. The molecule has 0 bridgehead atoms. The molecule has 126 valence electrons. The highest BCUT2D eigenvalue weighted by Crippen LogP contribution is 2.12. The average molecular weight is 330 g/mol. The molecule has 0 aliphatic heterocycles. The van der Waals surface area contributed by atoms with Gasteiger partial charge in [0.25, 0.3) is 5.91 Å². The summed E-state index contributed by atoms with van der Waals surface area (Å²) in [5.41, 5.74) is 2.06. The molecule has 2 N–H and O–H groups in total. The van der Waals surface area contributed by atoms with Crippen LogP contribution in [0.15, 0.2) is 36.5 Å². The molecule has 8 heteroatoms. The number of carbonyl (C=O) groups is 3. The van der Waals surface area contributed by atoms with E-state index < -0.39 is 24.0 Å². The van der Waals surface area contributed by atoms with E-state index in [0.717, 1.165) is 11.4 Å². The lowest BCUT2D eigenvalue weighted by molar-refractivity contribution is -0.127. The molecule has 2 aromatic rings. The monoisotopic (exact) mass is 330 g/mol. The molecule has 1 unspecified atom stereocenters. The SMILES string of the molecule is CNC(=O)NC(=O)C(C)OC(=O)c1ccc(-n2nccc2C)cc1. The summed E-state index contributed by atoms with van der Waals surface area (Å²) in [6, 6.07) is 7.83. The van der Waals surface area contributed by atoms with Crippen LogP contribution in [0, 0.1) is 6.92 Å². The molecular weight excluding hydrogens is 312 g/mol. The molecule has 8 nitrogen and oxygen atoms in total. The first-order valence-electron chi connectivity index (χ1n) is 7.27. The van der Waals surface area contributed by atoms with Crippen LogP contribution in [0.4, 0.5) is 4.79 Å². The summed E-state index contributed by atoms with van der Waals surface area (Å²) in [6.45, 7) is 3.31. The molecule has 0 saturated heterocycles. The van der Waals surface area contributed by atoms with E-state index in [1.54, 1.807) is 35.1 Å². The third-order valence-electron chi connectivity index (χ3n) is 3.30. The summed E-state index contributed by atoms with van der Waals surface area (Å²) in [7, 11) is 1.38. The van der Waals surface area contributed by atoms with Crippen LogP contribution in [-0.4, -0.2) is 40.8 Å². The van der Waals surface area contributed by atoms with Crippen molar-refractivity contribution in [2.45, 2.75) is 20.0 Å². The average Bonchev–Trinajstić information content (AvgIpc) is 3.00. The van der Waals surface area contributed by atoms with Gasteiger partial charge in [-0.05, 0) is 44.2 Å². The van der Waals surface area contributed by atoms with E-state index in [4.69, 9.17) is 4.74 Å². The molecule has 1 aromatic heterocycles. The van der Waals surface area contributed by atoms with Crippen LogP contribution in [0.1, 0.15) is 23.0 Å². The van der Waals surface area contributed by atoms with E-state index >= 15 is 0 Å². The number of benzene rings is 1. The Morgan fingerprint density at radius 3 is 2.38 bits per heavy atom. The normalized spacial score (nSPS) is 11.5. The number of imide groups is 1. The minimum absolute atomic E-state index is 0.295. The lowest BCUT2D eigenvalue weighted by Gasteiger charge is -2.13. The molecule has 0 spiro atoms. The van der Waals surface area contributed by atoms with Gasteiger partial charge < -0.3 is 10.1 Å². The minimum atomic E-state index is -1.09. The van der Waals surface area contributed by atoms with Crippen molar-refractivity contribution < 1.29 is 19.1 Å². The minimum Gasteiger partial charge on any atom is -0.449 e. The molecule has 3 amide bonds. The first-order chi connectivity index (χ1) is 11.4. The Morgan fingerprint density at radius 2 is 1.83 bits per heavy atom. The Labute approximate surface area is 138 Å². The van der Waals surface area contributed by atoms with Crippen molar-refractivity contribution in [2.75, 3.05) is 7.05 Å². The van der Waals surface area contributed by atoms with Crippen LogP contribution in [0.5, 0.6) is 0 Å². The van der Waals surface area contributed by atoms with E-state index in [0.29, 0.717) is 5.56 Å². The second kappa shape index (κ2) is 7.40. The number of nitrogens with zero attached hydrogens (tertiary/aromatic N) is 2. The highest BCUT2D eigenvalue weighted by atomic mass is 16.5. The van der Waals surface area contributed by atoms with Gasteiger partial charge in [0.15, 0.2) is 6.10 Å². The van der Waals surface area contributed by atoms with Gasteiger partial charge in [0, 0.05) is 18.9 Å². The number of carbonyl (C=O) groups excluding carboxylic acids is 3. The highest BCUT2D eigenvalue weighted by Gasteiger charge is 2.20. The summed E-state index contributed by atoms with van der Waals surface area (Å²) in [5.74, 6) is -1.36. The van der Waals surface area contributed by atoms with Gasteiger partial charge in [-0.15, -0.1) is 0 Å². The quantitative estimate of drug-likeness (QED) is 0.820. The van der Waals surface area contributed by atoms with E-state index in [9.17, 15) is 14.4 Å².